The minimum absolute atomic E-state index is 0.116. The second kappa shape index (κ2) is 6.57. The van der Waals surface area contributed by atoms with E-state index in [4.69, 9.17) is 14.2 Å². The van der Waals surface area contributed by atoms with Crippen molar-refractivity contribution in [3.8, 4) is 11.5 Å². The fraction of sp³-hybridized carbons (Fsp3) is 0.588. The highest BCUT2D eigenvalue weighted by molar-refractivity contribution is 5.76. The predicted molar refractivity (Wildman–Crippen MR) is 82.3 cm³/mol. The molecule has 5 heteroatoms. The van der Waals surface area contributed by atoms with Crippen molar-refractivity contribution in [3.05, 3.63) is 23.8 Å². The van der Waals surface area contributed by atoms with Crippen LogP contribution in [0.5, 0.6) is 11.5 Å². The molecule has 1 N–H and O–H groups in total. The van der Waals surface area contributed by atoms with Gasteiger partial charge in [-0.05, 0) is 37.0 Å². The van der Waals surface area contributed by atoms with Crippen LogP contribution in [0.15, 0.2) is 18.2 Å². The molecule has 3 atom stereocenters. The first-order valence-electron chi connectivity index (χ1n) is 7.83. The number of aryl methyl sites for hydroxylation is 1. The Bertz CT molecular complexity index is 545. The molecule has 1 saturated carbocycles. The monoisotopic (exact) mass is 305 g/mol. The molecule has 1 saturated heterocycles. The van der Waals surface area contributed by atoms with Crippen molar-refractivity contribution < 1.29 is 19.0 Å². The summed E-state index contributed by atoms with van der Waals surface area (Å²) in [6.45, 7) is 0.841. The van der Waals surface area contributed by atoms with Gasteiger partial charge in [0.05, 0.1) is 20.3 Å². The summed E-state index contributed by atoms with van der Waals surface area (Å²) >= 11 is 0. The van der Waals surface area contributed by atoms with Gasteiger partial charge in [-0.3, -0.25) is 4.79 Å². The second-order valence-corrected chi connectivity index (χ2v) is 5.96. The summed E-state index contributed by atoms with van der Waals surface area (Å²) < 4.78 is 16.1. The van der Waals surface area contributed by atoms with Gasteiger partial charge >= 0.3 is 0 Å². The van der Waals surface area contributed by atoms with Crippen LogP contribution in [0.1, 0.15) is 24.8 Å². The number of hydrogen-bond acceptors (Lipinski definition) is 4. The van der Waals surface area contributed by atoms with Crippen molar-refractivity contribution in [2.45, 2.75) is 37.8 Å². The molecule has 0 aromatic heterocycles. The Morgan fingerprint density at radius 1 is 1.32 bits per heavy atom. The molecule has 1 amide bonds. The van der Waals surface area contributed by atoms with Crippen molar-refractivity contribution >= 4 is 5.91 Å². The third kappa shape index (κ3) is 3.04. The topological polar surface area (TPSA) is 56.8 Å². The first-order valence-corrected chi connectivity index (χ1v) is 7.83. The van der Waals surface area contributed by atoms with Crippen LogP contribution < -0.4 is 14.8 Å². The van der Waals surface area contributed by atoms with E-state index in [1.54, 1.807) is 14.2 Å². The van der Waals surface area contributed by atoms with E-state index in [9.17, 15) is 4.79 Å². The van der Waals surface area contributed by atoms with E-state index in [1.807, 2.05) is 18.2 Å². The third-order valence-corrected chi connectivity index (χ3v) is 4.70. The van der Waals surface area contributed by atoms with E-state index in [2.05, 4.69) is 5.32 Å². The van der Waals surface area contributed by atoms with Gasteiger partial charge in [-0.15, -0.1) is 0 Å². The van der Waals surface area contributed by atoms with Crippen LogP contribution >= 0.6 is 0 Å². The summed E-state index contributed by atoms with van der Waals surface area (Å²) in [7, 11) is 3.23. The van der Waals surface area contributed by atoms with Crippen molar-refractivity contribution in [2.24, 2.45) is 5.92 Å². The molecule has 1 aromatic carbocycles. The largest absolute Gasteiger partial charge is 0.493 e. The lowest BCUT2D eigenvalue weighted by atomic mass is 9.76. The molecular formula is C17H23NO4. The van der Waals surface area contributed by atoms with E-state index >= 15 is 0 Å². The minimum atomic E-state index is 0.116. The minimum Gasteiger partial charge on any atom is -0.493 e. The summed E-state index contributed by atoms with van der Waals surface area (Å²) in [5, 5.41) is 3.13. The summed E-state index contributed by atoms with van der Waals surface area (Å²) in [6.07, 6.45) is 3.61. The standard InChI is InChI=1S/C17H23NO4/c1-20-14-5-3-11(9-16(14)21-2)4-6-17(19)18-13-10-15-12(13)7-8-22-15/h3,5,9,12-13,15H,4,6-8,10H2,1-2H3,(H,18,19)/t12-,13-,15+/m1/s1. The predicted octanol–water partition coefficient (Wildman–Crippen LogP) is 1.93. The fourth-order valence-electron chi connectivity index (χ4n) is 3.34. The zero-order valence-corrected chi connectivity index (χ0v) is 13.1. The molecule has 3 rings (SSSR count). The van der Waals surface area contributed by atoms with Crippen LogP contribution in [-0.4, -0.2) is 38.9 Å². The van der Waals surface area contributed by atoms with Crippen LogP contribution in [0, 0.1) is 5.92 Å². The van der Waals surface area contributed by atoms with Gasteiger partial charge in [-0.25, -0.2) is 0 Å². The van der Waals surface area contributed by atoms with E-state index in [-0.39, 0.29) is 5.91 Å². The normalized spacial score (nSPS) is 26.0. The maximum absolute atomic E-state index is 12.1. The average molecular weight is 305 g/mol. The zero-order valence-electron chi connectivity index (χ0n) is 13.1. The number of ether oxygens (including phenoxy) is 3. The Kier molecular flexibility index (Phi) is 4.52. The molecule has 1 heterocycles. The zero-order chi connectivity index (χ0) is 15.5. The molecule has 0 radical (unpaired) electrons. The van der Waals surface area contributed by atoms with Crippen LogP contribution in [0.25, 0.3) is 0 Å². The van der Waals surface area contributed by atoms with E-state index in [1.165, 1.54) is 0 Å². The molecule has 120 valence electrons. The number of carbonyl (C=O) groups is 1. The van der Waals surface area contributed by atoms with E-state index in [0.717, 1.165) is 25.0 Å². The van der Waals surface area contributed by atoms with Gasteiger partial charge in [0, 0.05) is 25.0 Å². The molecule has 1 aromatic rings. The molecule has 2 aliphatic rings. The number of carbonyl (C=O) groups excluding carboxylic acids is 1. The Morgan fingerprint density at radius 3 is 2.86 bits per heavy atom. The average Bonchev–Trinajstić information content (AvgIpc) is 2.91. The summed E-state index contributed by atoms with van der Waals surface area (Å²) in [4.78, 5) is 12.1. The van der Waals surface area contributed by atoms with Crippen LogP contribution in [0.3, 0.4) is 0 Å². The van der Waals surface area contributed by atoms with Crippen molar-refractivity contribution in [1.82, 2.24) is 5.32 Å². The van der Waals surface area contributed by atoms with Gasteiger partial charge < -0.3 is 19.5 Å². The van der Waals surface area contributed by atoms with Gasteiger partial charge in [0.2, 0.25) is 5.91 Å². The maximum Gasteiger partial charge on any atom is 0.220 e. The van der Waals surface area contributed by atoms with Crippen molar-refractivity contribution in [3.63, 3.8) is 0 Å². The lowest BCUT2D eigenvalue weighted by Crippen LogP contribution is -2.53. The molecule has 1 aliphatic carbocycles. The number of methoxy groups -OCH3 is 2. The molecule has 2 fully saturated rings. The summed E-state index contributed by atoms with van der Waals surface area (Å²) in [5.41, 5.74) is 1.07. The smallest absolute Gasteiger partial charge is 0.220 e. The molecule has 0 unspecified atom stereocenters. The number of benzene rings is 1. The first-order chi connectivity index (χ1) is 10.7. The molecule has 5 nitrogen and oxygen atoms in total. The maximum atomic E-state index is 12.1. The van der Waals surface area contributed by atoms with Gasteiger partial charge in [0.25, 0.3) is 0 Å². The van der Waals surface area contributed by atoms with E-state index in [0.29, 0.717) is 42.4 Å². The second-order valence-electron chi connectivity index (χ2n) is 5.96. The Morgan fingerprint density at radius 2 is 2.14 bits per heavy atom. The van der Waals surface area contributed by atoms with Gasteiger partial charge in [-0.2, -0.15) is 0 Å². The fourth-order valence-corrected chi connectivity index (χ4v) is 3.34. The number of rotatable bonds is 6. The van der Waals surface area contributed by atoms with Crippen LogP contribution in [0.2, 0.25) is 0 Å². The number of fused-ring (bicyclic) bond motifs is 1. The number of nitrogens with one attached hydrogen (secondary N) is 1. The molecule has 1 aliphatic heterocycles. The Balaban J connectivity index is 1.48. The first kappa shape index (κ1) is 15.2. The van der Waals surface area contributed by atoms with E-state index < -0.39 is 0 Å². The lowest BCUT2D eigenvalue weighted by molar-refractivity contribution is -0.124. The third-order valence-electron chi connectivity index (χ3n) is 4.70. The van der Waals surface area contributed by atoms with Gasteiger partial charge in [0.15, 0.2) is 11.5 Å². The summed E-state index contributed by atoms with van der Waals surface area (Å²) in [5.74, 6) is 2.05. The quantitative estimate of drug-likeness (QED) is 0.872. The summed E-state index contributed by atoms with van der Waals surface area (Å²) in [6, 6.07) is 6.08. The Labute approximate surface area is 130 Å². The number of amides is 1. The highest BCUT2D eigenvalue weighted by Crippen LogP contribution is 2.38. The highest BCUT2D eigenvalue weighted by atomic mass is 16.5. The molecule has 0 bridgehead atoms. The molecular weight excluding hydrogens is 282 g/mol. The molecule has 0 spiro atoms. The lowest BCUT2D eigenvalue weighted by Gasteiger charge is -2.39. The number of hydrogen-bond donors (Lipinski definition) is 1. The van der Waals surface area contributed by atoms with Crippen molar-refractivity contribution in [1.29, 1.82) is 0 Å². The Hall–Kier alpha value is -1.75. The SMILES string of the molecule is COc1ccc(CCC(=O)N[C@@H]2C[C@@H]3OCC[C@@H]32)cc1OC. The highest BCUT2D eigenvalue weighted by Gasteiger charge is 2.45. The van der Waals surface area contributed by atoms with Crippen LogP contribution in [-0.2, 0) is 16.0 Å². The van der Waals surface area contributed by atoms with Gasteiger partial charge in [-0.1, -0.05) is 6.07 Å². The van der Waals surface area contributed by atoms with Crippen molar-refractivity contribution in [2.75, 3.05) is 20.8 Å². The van der Waals surface area contributed by atoms with Gasteiger partial charge in [0.1, 0.15) is 0 Å². The molecule has 22 heavy (non-hydrogen) atoms. The van der Waals surface area contributed by atoms with Crippen LogP contribution in [0.4, 0.5) is 0 Å².